The summed E-state index contributed by atoms with van der Waals surface area (Å²) >= 11 is 0. The molecule has 7 atom stereocenters. The van der Waals surface area contributed by atoms with Crippen LogP contribution in [-0.4, -0.2) is 12.3 Å². The Morgan fingerprint density at radius 1 is 1.04 bits per heavy atom. The fraction of sp³-hybridized carbons (Fsp3) is 0.917. The first-order valence-electron chi connectivity index (χ1n) is 11.9. The van der Waals surface area contributed by atoms with Crippen LogP contribution >= 0.6 is 0 Å². The van der Waals surface area contributed by atoms with Crippen LogP contribution in [0.15, 0.2) is 5.16 Å². The van der Waals surface area contributed by atoms with Gasteiger partial charge in [0.2, 0.25) is 0 Å². The third kappa shape index (κ3) is 3.39. The molecule has 4 rings (SSSR count). The van der Waals surface area contributed by atoms with Crippen LogP contribution in [0.5, 0.6) is 0 Å². The lowest BCUT2D eigenvalue weighted by Crippen LogP contribution is -2.52. The molecule has 4 heteroatoms. The Morgan fingerprint density at radius 2 is 1.86 bits per heavy atom. The summed E-state index contributed by atoms with van der Waals surface area (Å²) in [5, 5.41) is 3.63. The minimum absolute atomic E-state index is 0.329. The van der Waals surface area contributed by atoms with Crippen LogP contribution in [0.4, 0.5) is 0 Å². The Morgan fingerprint density at radius 3 is 2.68 bits per heavy atom. The summed E-state index contributed by atoms with van der Waals surface area (Å²) in [5.74, 6) is 5.21. The Hall–Kier alpha value is -1.06. The smallest absolute Gasteiger partial charge is 0.323 e. The van der Waals surface area contributed by atoms with E-state index in [1.807, 2.05) is 0 Å². The molecule has 4 aliphatic carbocycles. The Balaban J connectivity index is 1.40. The number of carbonyl (C=O) groups is 1. The molecule has 4 fully saturated rings. The highest BCUT2D eigenvalue weighted by Gasteiger charge is 2.59. The topological polar surface area (TPSA) is 64.7 Å². The van der Waals surface area contributed by atoms with Crippen molar-refractivity contribution in [2.75, 3.05) is 0 Å². The molecular weight excluding hydrogens is 348 g/mol. The predicted molar refractivity (Wildman–Crippen MR) is 112 cm³/mol. The van der Waals surface area contributed by atoms with Gasteiger partial charge in [0.05, 0.1) is 0 Å². The van der Waals surface area contributed by atoms with Crippen LogP contribution in [0.25, 0.3) is 0 Å². The molecule has 0 bridgehead atoms. The van der Waals surface area contributed by atoms with Gasteiger partial charge >= 0.3 is 6.47 Å². The molecule has 0 saturated heterocycles. The third-order valence-electron chi connectivity index (χ3n) is 9.98. The van der Waals surface area contributed by atoms with Gasteiger partial charge in [-0.2, -0.15) is 0 Å². The number of hydrogen-bond donors (Lipinski definition) is 1. The first kappa shape index (κ1) is 20.2. The Bertz CT molecular complexity index is 605. The van der Waals surface area contributed by atoms with Gasteiger partial charge in [0.15, 0.2) is 0 Å². The second kappa shape index (κ2) is 7.99. The highest BCUT2D eigenvalue weighted by Crippen LogP contribution is 2.67. The van der Waals surface area contributed by atoms with Crippen LogP contribution in [0.3, 0.4) is 0 Å². The van der Waals surface area contributed by atoms with Gasteiger partial charge in [0, 0.05) is 6.42 Å². The number of hydrogen-bond acceptors (Lipinski definition) is 3. The summed E-state index contributed by atoms with van der Waals surface area (Å²) in [5.41, 5.74) is 7.01. The number of fused-ring (bicyclic) bond motifs is 5. The second-order valence-corrected chi connectivity index (χ2v) is 10.9. The molecule has 4 saturated carbocycles. The van der Waals surface area contributed by atoms with E-state index < -0.39 is 0 Å². The lowest BCUT2D eigenvalue weighted by molar-refractivity contribution is -0.128. The molecule has 0 amide bonds. The maximum absolute atomic E-state index is 10.2. The highest BCUT2D eigenvalue weighted by atomic mass is 16.7. The van der Waals surface area contributed by atoms with Gasteiger partial charge in [-0.05, 0) is 105 Å². The van der Waals surface area contributed by atoms with Crippen LogP contribution in [0.1, 0.15) is 97.3 Å². The van der Waals surface area contributed by atoms with Gasteiger partial charge in [-0.3, -0.25) is 4.79 Å². The van der Waals surface area contributed by atoms with Crippen molar-refractivity contribution >= 4 is 12.3 Å². The number of carbonyl (C=O) groups excluding carboxylic acids is 1. The predicted octanol–water partition coefficient (Wildman–Crippen LogP) is 5.65. The normalized spacial score (nSPS) is 45.6. The van der Waals surface area contributed by atoms with Crippen molar-refractivity contribution in [1.82, 2.24) is 0 Å². The van der Waals surface area contributed by atoms with Crippen molar-refractivity contribution in [3.63, 3.8) is 0 Å². The quantitative estimate of drug-likeness (QED) is 0.210. The van der Waals surface area contributed by atoms with Crippen molar-refractivity contribution in [3.8, 4) is 0 Å². The van der Waals surface area contributed by atoms with Crippen LogP contribution in [0.2, 0.25) is 0 Å². The van der Waals surface area contributed by atoms with Crippen molar-refractivity contribution in [3.05, 3.63) is 0 Å². The molecule has 0 aromatic heterocycles. The average Bonchev–Trinajstić information content (AvgIpc) is 3.02. The average molecular weight is 389 g/mol. The molecule has 0 aliphatic heterocycles. The lowest BCUT2D eigenvalue weighted by atomic mass is 9.45. The minimum atomic E-state index is 0.329. The van der Waals surface area contributed by atoms with E-state index in [9.17, 15) is 4.79 Å². The molecule has 0 heterocycles. The summed E-state index contributed by atoms with van der Waals surface area (Å²) in [6.07, 6.45) is 17.7. The van der Waals surface area contributed by atoms with Crippen molar-refractivity contribution in [2.24, 2.45) is 51.3 Å². The van der Waals surface area contributed by atoms with Crippen LogP contribution < -0.4 is 5.73 Å². The molecule has 0 aromatic carbocycles. The first-order valence-corrected chi connectivity index (χ1v) is 11.9. The molecule has 28 heavy (non-hydrogen) atoms. The van der Waals surface area contributed by atoms with Gasteiger partial charge in [0.1, 0.15) is 5.84 Å². The van der Waals surface area contributed by atoms with Gasteiger partial charge in [0.25, 0.3) is 0 Å². The van der Waals surface area contributed by atoms with Crippen LogP contribution in [0, 0.1) is 40.4 Å². The molecule has 0 aromatic rings. The summed E-state index contributed by atoms with van der Waals surface area (Å²) in [4.78, 5) is 14.7. The fourth-order valence-electron chi connectivity index (χ4n) is 8.54. The van der Waals surface area contributed by atoms with Crippen molar-refractivity contribution < 1.29 is 9.63 Å². The monoisotopic (exact) mass is 388 g/mol. The molecule has 0 spiro atoms. The molecule has 4 aliphatic rings. The summed E-state index contributed by atoms with van der Waals surface area (Å²) in [6, 6.07) is 0. The number of rotatable bonds is 6. The van der Waals surface area contributed by atoms with Crippen molar-refractivity contribution in [1.29, 1.82) is 0 Å². The van der Waals surface area contributed by atoms with Gasteiger partial charge in [-0.1, -0.05) is 31.8 Å². The molecule has 2 N–H and O–H groups in total. The molecular formula is C24H40N2O2. The highest BCUT2D eigenvalue weighted by molar-refractivity contribution is 5.79. The molecule has 0 radical (unpaired) electrons. The Labute approximate surface area is 171 Å². The SMILES string of the molecule is CC12CCCCC1CCC1C2CCC2(C)C(CCC/C(N)=N/OC=O)CCC12. The van der Waals surface area contributed by atoms with Gasteiger partial charge in [-0.25, -0.2) is 0 Å². The second-order valence-electron chi connectivity index (χ2n) is 10.9. The lowest BCUT2D eigenvalue weighted by Gasteiger charge is -2.60. The first-order chi connectivity index (χ1) is 13.5. The molecule has 158 valence electrons. The fourth-order valence-corrected chi connectivity index (χ4v) is 8.54. The van der Waals surface area contributed by atoms with E-state index in [1.165, 1.54) is 70.6 Å². The molecule has 4 nitrogen and oxygen atoms in total. The zero-order valence-electron chi connectivity index (χ0n) is 18.0. The maximum Gasteiger partial charge on any atom is 0.323 e. The third-order valence-corrected chi connectivity index (χ3v) is 9.98. The Kier molecular flexibility index (Phi) is 5.77. The van der Waals surface area contributed by atoms with E-state index >= 15 is 0 Å². The zero-order valence-corrected chi connectivity index (χ0v) is 18.0. The van der Waals surface area contributed by atoms with E-state index in [0.717, 1.165) is 42.4 Å². The van der Waals surface area contributed by atoms with E-state index in [2.05, 4.69) is 23.8 Å². The number of nitrogens with zero attached hydrogens (tertiary/aromatic N) is 1. The summed E-state index contributed by atoms with van der Waals surface area (Å²) in [6.45, 7) is 5.62. The van der Waals surface area contributed by atoms with E-state index in [0.29, 0.717) is 23.1 Å². The van der Waals surface area contributed by atoms with E-state index in [4.69, 9.17) is 5.73 Å². The van der Waals surface area contributed by atoms with Crippen molar-refractivity contribution in [2.45, 2.75) is 97.3 Å². The van der Waals surface area contributed by atoms with E-state index in [1.54, 1.807) is 0 Å². The van der Waals surface area contributed by atoms with Crippen LogP contribution in [-0.2, 0) is 9.63 Å². The zero-order chi connectivity index (χ0) is 19.8. The standard InChI is InChI=1S/C24H40N2O2/c1-23-14-4-3-6-17(23)9-11-19-20-12-10-18(24(20,2)15-13-21(19)23)7-5-8-22(25)26-28-16-27/h16-21H,3-15H2,1-2H3,(H2,25,26). The summed E-state index contributed by atoms with van der Waals surface area (Å²) in [7, 11) is 0. The van der Waals surface area contributed by atoms with E-state index in [-0.39, 0.29) is 0 Å². The largest absolute Gasteiger partial charge is 0.384 e. The maximum atomic E-state index is 10.2. The minimum Gasteiger partial charge on any atom is -0.384 e. The number of nitrogens with two attached hydrogens (primary N) is 1. The van der Waals surface area contributed by atoms with Gasteiger partial charge < -0.3 is 10.6 Å². The molecule has 7 unspecified atom stereocenters. The number of amidine groups is 1. The number of oxime groups is 1. The van der Waals surface area contributed by atoms with Gasteiger partial charge in [-0.15, -0.1) is 0 Å². The summed E-state index contributed by atoms with van der Waals surface area (Å²) < 4.78 is 0.